The van der Waals surface area contributed by atoms with Crippen molar-refractivity contribution in [2.45, 2.75) is 19.4 Å². The summed E-state index contributed by atoms with van der Waals surface area (Å²) >= 11 is 1.13. The predicted molar refractivity (Wildman–Crippen MR) is 85.5 cm³/mol. The van der Waals surface area contributed by atoms with Crippen LogP contribution in [-0.2, 0) is 20.0 Å². The van der Waals surface area contributed by atoms with Crippen LogP contribution in [0.2, 0.25) is 0 Å². The number of fused-ring (bicyclic) bond motifs is 2. The molecule has 0 atom stereocenters. The van der Waals surface area contributed by atoms with E-state index in [0.717, 1.165) is 35.6 Å². The molecule has 0 aliphatic carbocycles. The average molecular weight is 352 g/mol. The highest BCUT2D eigenvalue weighted by Crippen LogP contribution is 2.33. The Morgan fingerprint density at radius 2 is 2.33 bits per heavy atom. The first-order valence-corrected chi connectivity index (χ1v) is 8.19. The lowest BCUT2D eigenvalue weighted by Gasteiger charge is -2.12. The first-order valence-electron chi connectivity index (χ1n) is 7.37. The smallest absolute Gasteiger partial charge is 0.282 e. The normalized spacial score (nSPS) is 14.3. The Labute approximate surface area is 139 Å². The van der Waals surface area contributed by atoms with Crippen molar-refractivity contribution in [2.24, 2.45) is 7.05 Å². The molecule has 7 nitrogen and oxygen atoms in total. The number of hydrogen-bond acceptors (Lipinski definition) is 5. The van der Waals surface area contributed by atoms with Crippen molar-refractivity contribution >= 4 is 33.3 Å². The van der Waals surface area contributed by atoms with Crippen LogP contribution in [0.5, 0.6) is 0 Å². The number of alkyl halides is 2. The second kappa shape index (κ2) is 5.64. The molecule has 3 aromatic rings. The van der Waals surface area contributed by atoms with Crippen molar-refractivity contribution < 1.29 is 13.6 Å². The van der Waals surface area contributed by atoms with E-state index >= 15 is 0 Å². The number of nitrogens with zero attached hydrogens (tertiary/aromatic N) is 3. The molecular formula is C14H14F2N6OS. The van der Waals surface area contributed by atoms with E-state index in [9.17, 15) is 13.6 Å². The summed E-state index contributed by atoms with van der Waals surface area (Å²) in [5.41, 5.74) is 1.64. The molecule has 0 unspecified atom stereocenters. The number of amides is 1. The summed E-state index contributed by atoms with van der Waals surface area (Å²) < 4.78 is 27.4. The molecule has 0 bridgehead atoms. The fraction of sp³-hybridized carbons (Fsp3) is 0.357. The minimum atomic E-state index is -2.68. The molecule has 10 heteroatoms. The van der Waals surface area contributed by atoms with Crippen LogP contribution >= 0.6 is 11.3 Å². The van der Waals surface area contributed by atoms with E-state index in [-0.39, 0.29) is 11.6 Å². The summed E-state index contributed by atoms with van der Waals surface area (Å²) in [5.74, 6) is 0.114. The number of nitrogens with one attached hydrogen (secondary N) is 3. The molecule has 1 amide bonds. The maximum atomic E-state index is 13.0. The predicted octanol–water partition coefficient (Wildman–Crippen LogP) is 2.19. The van der Waals surface area contributed by atoms with Crippen molar-refractivity contribution in [3.8, 4) is 0 Å². The first kappa shape index (κ1) is 15.2. The van der Waals surface area contributed by atoms with Crippen molar-refractivity contribution in [2.75, 3.05) is 11.9 Å². The number of carbonyl (C=O) groups excluding carboxylic acids is 1. The molecule has 0 aromatic carbocycles. The molecule has 0 spiro atoms. The molecular weight excluding hydrogens is 338 g/mol. The zero-order valence-electron chi connectivity index (χ0n) is 12.7. The summed E-state index contributed by atoms with van der Waals surface area (Å²) in [6.45, 7) is 1.50. The summed E-state index contributed by atoms with van der Waals surface area (Å²) in [4.78, 5) is 13.4. The maximum absolute atomic E-state index is 13.0. The van der Waals surface area contributed by atoms with E-state index in [4.69, 9.17) is 0 Å². The van der Waals surface area contributed by atoms with Gasteiger partial charge < -0.3 is 10.6 Å². The SMILES string of the molecule is Cn1nc(C(F)F)c2cc(C(=O)Nc3n[nH]c4c3CNCC4)sc21. The Morgan fingerprint density at radius 1 is 1.50 bits per heavy atom. The molecule has 0 radical (unpaired) electrons. The molecule has 4 heterocycles. The van der Waals surface area contributed by atoms with E-state index in [0.29, 0.717) is 27.5 Å². The third-order valence-electron chi connectivity index (χ3n) is 4.01. The summed E-state index contributed by atoms with van der Waals surface area (Å²) in [5, 5.41) is 17.2. The highest BCUT2D eigenvalue weighted by atomic mass is 32.1. The molecule has 0 saturated heterocycles. The van der Waals surface area contributed by atoms with Gasteiger partial charge in [-0.2, -0.15) is 10.2 Å². The molecule has 4 rings (SSSR count). The lowest BCUT2D eigenvalue weighted by Crippen LogP contribution is -2.24. The maximum Gasteiger partial charge on any atom is 0.282 e. The zero-order valence-corrected chi connectivity index (χ0v) is 13.5. The Bertz CT molecular complexity index is 927. The Balaban J connectivity index is 1.64. The van der Waals surface area contributed by atoms with Gasteiger partial charge in [-0.25, -0.2) is 8.78 Å². The highest BCUT2D eigenvalue weighted by molar-refractivity contribution is 7.20. The number of hydrogen-bond donors (Lipinski definition) is 3. The van der Waals surface area contributed by atoms with Crippen molar-refractivity contribution in [1.29, 1.82) is 0 Å². The number of H-pyrrole nitrogens is 1. The van der Waals surface area contributed by atoms with Gasteiger partial charge in [-0.3, -0.25) is 14.6 Å². The Morgan fingerprint density at radius 3 is 3.12 bits per heavy atom. The van der Waals surface area contributed by atoms with E-state index in [2.05, 4.69) is 25.9 Å². The zero-order chi connectivity index (χ0) is 16.8. The average Bonchev–Trinajstić information content (AvgIpc) is 3.23. The molecule has 3 N–H and O–H groups in total. The van der Waals surface area contributed by atoms with E-state index in [1.54, 1.807) is 7.05 Å². The van der Waals surface area contributed by atoms with E-state index in [1.165, 1.54) is 10.7 Å². The fourth-order valence-corrected chi connectivity index (χ4v) is 3.81. The van der Waals surface area contributed by atoms with Crippen LogP contribution in [0.15, 0.2) is 6.07 Å². The van der Waals surface area contributed by atoms with Crippen LogP contribution in [0.3, 0.4) is 0 Å². The third-order valence-corrected chi connectivity index (χ3v) is 5.21. The quantitative estimate of drug-likeness (QED) is 0.674. The summed E-state index contributed by atoms with van der Waals surface area (Å²) in [7, 11) is 1.59. The van der Waals surface area contributed by atoms with Gasteiger partial charge in [-0.1, -0.05) is 0 Å². The second-order valence-electron chi connectivity index (χ2n) is 5.55. The minimum Gasteiger partial charge on any atom is -0.312 e. The number of thiophene rings is 1. The molecule has 1 aliphatic rings. The van der Waals surface area contributed by atoms with E-state index < -0.39 is 6.43 Å². The van der Waals surface area contributed by atoms with E-state index in [1.807, 2.05) is 0 Å². The van der Waals surface area contributed by atoms with Crippen molar-refractivity contribution in [3.63, 3.8) is 0 Å². The summed E-state index contributed by atoms with van der Waals surface area (Å²) in [6, 6.07) is 1.46. The van der Waals surface area contributed by atoms with Gasteiger partial charge in [0.15, 0.2) is 5.82 Å². The molecule has 3 aromatic heterocycles. The van der Waals surface area contributed by atoms with Crippen LogP contribution in [0.1, 0.15) is 33.0 Å². The molecule has 0 fully saturated rings. The lowest BCUT2D eigenvalue weighted by molar-refractivity contribution is 0.103. The largest absolute Gasteiger partial charge is 0.312 e. The number of aromatic amines is 1. The van der Waals surface area contributed by atoms with Crippen LogP contribution in [0.25, 0.3) is 10.2 Å². The second-order valence-corrected chi connectivity index (χ2v) is 6.58. The topological polar surface area (TPSA) is 87.6 Å². The third kappa shape index (κ3) is 2.38. The van der Waals surface area contributed by atoms with Crippen LogP contribution in [-0.4, -0.2) is 32.4 Å². The van der Waals surface area contributed by atoms with Crippen molar-refractivity contribution in [3.05, 3.63) is 27.9 Å². The van der Waals surface area contributed by atoms with Crippen molar-refractivity contribution in [1.82, 2.24) is 25.3 Å². The molecule has 0 saturated carbocycles. The van der Waals surface area contributed by atoms with Gasteiger partial charge in [0, 0.05) is 43.2 Å². The molecule has 1 aliphatic heterocycles. The Hall–Kier alpha value is -2.33. The number of carbonyl (C=O) groups is 1. The minimum absolute atomic E-state index is 0.302. The van der Waals surface area contributed by atoms with Gasteiger partial charge >= 0.3 is 0 Å². The van der Waals surface area contributed by atoms with Crippen LogP contribution < -0.4 is 10.6 Å². The van der Waals surface area contributed by atoms with Gasteiger partial charge in [0.05, 0.1) is 4.88 Å². The molecule has 126 valence electrons. The highest BCUT2D eigenvalue weighted by Gasteiger charge is 2.23. The number of rotatable bonds is 3. The van der Waals surface area contributed by atoms with Crippen LogP contribution in [0, 0.1) is 0 Å². The van der Waals surface area contributed by atoms with Gasteiger partial charge in [0.25, 0.3) is 12.3 Å². The molecule has 24 heavy (non-hydrogen) atoms. The fourth-order valence-electron chi connectivity index (χ4n) is 2.84. The number of anilines is 1. The first-order chi connectivity index (χ1) is 11.5. The van der Waals surface area contributed by atoms with Gasteiger partial charge in [-0.05, 0) is 6.07 Å². The number of aryl methyl sites for hydroxylation is 1. The van der Waals surface area contributed by atoms with Crippen LogP contribution in [0.4, 0.5) is 14.6 Å². The number of halogens is 2. The van der Waals surface area contributed by atoms with Gasteiger partial charge in [0.1, 0.15) is 10.5 Å². The number of aromatic nitrogens is 4. The van der Waals surface area contributed by atoms with Gasteiger partial charge in [-0.15, -0.1) is 11.3 Å². The van der Waals surface area contributed by atoms with Gasteiger partial charge in [0.2, 0.25) is 0 Å². The summed E-state index contributed by atoms with van der Waals surface area (Å²) in [6.07, 6.45) is -1.85. The standard InChI is InChI=1S/C14H14F2N6OS/c1-22-14-6(10(21-22)11(15)16)4-9(24-14)13(23)18-12-7-5-17-3-2-8(7)19-20-12/h4,11,17H,2-3,5H2,1H3,(H2,18,19,20,23). The Kier molecular flexibility index (Phi) is 3.57. The lowest BCUT2D eigenvalue weighted by atomic mass is 10.1. The monoisotopic (exact) mass is 352 g/mol.